The third kappa shape index (κ3) is 3.57. The van der Waals surface area contributed by atoms with Gasteiger partial charge < -0.3 is 15.5 Å². The van der Waals surface area contributed by atoms with Gasteiger partial charge in [-0.25, -0.2) is 0 Å². The average Bonchev–Trinajstić information content (AvgIpc) is 2.45. The van der Waals surface area contributed by atoms with E-state index in [-0.39, 0.29) is 29.6 Å². The Hall–Kier alpha value is -0.810. The Labute approximate surface area is 140 Å². The SMILES string of the molecule is CN1CCN(C(=O)CC2(CN)CCCCC2)C(C)(C)C1=O.Cl. The molecule has 0 bridgehead atoms. The average molecular weight is 332 g/mol. The zero-order valence-corrected chi connectivity index (χ0v) is 14.9. The number of nitrogens with zero attached hydrogens (tertiary/aromatic N) is 2. The van der Waals surface area contributed by atoms with Gasteiger partial charge in [-0.05, 0) is 38.6 Å². The van der Waals surface area contributed by atoms with E-state index in [1.807, 2.05) is 13.8 Å². The van der Waals surface area contributed by atoms with Crippen LogP contribution < -0.4 is 5.73 Å². The van der Waals surface area contributed by atoms with Crippen molar-refractivity contribution in [1.82, 2.24) is 9.80 Å². The summed E-state index contributed by atoms with van der Waals surface area (Å²) in [6.07, 6.45) is 6.14. The molecule has 1 saturated heterocycles. The van der Waals surface area contributed by atoms with Crippen LogP contribution in [0.1, 0.15) is 52.4 Å². The minimum absolute atomic E-state index is 0. The molecule has 0 aromatic heterocycles. The molecule has 2 amide bonds. The Bertz CT molecular complexity index is 420. The van der Waals surface area contributed by atoms with E-state index in [1.165, 1.54) is 6.42 Å². The topological polar surface area (TPSA) is 66.6 Å². The second-order valence-corrected chi connectivity index (χ2v) is 7.27. The molecule has 1 heterocycles. The van der Waals surface area contributed by atoms with Crippen molar-refractivity contribution in [2.45, 2.75) is 57.9 Å². The molecule has 6 heteroatoms. The van der Waals surface area contributed by atoms with Crippen LogP contribution in [0.2, 0.25) is 0 Å². The Kier molecular flexibility index (Phi) is 6.27. The summed E-state index contributed by atoms with van der Waals surface area (Å²) in [6.45, 7) is 5.50. The van der Waals surface area contributed by atoms with Crippen molar-refractivity contribution in [3.05, 3.63) is 0 Å². The minimum Gasteiger partial charge on any atom is -0.342 e. The molecule has 1 saturated carbocycles. The number of hydrogen-bond acceptors (Lipinski definition) is 3. The van der Waals surface area contributed by atoms with Crippen molar-refractivity contribution >= 4 is 24.2 Å². The summed E-state index contributed by atoms with van der Waals surface area (Å²) in [4.78, 5) is 28.6. The van der Waals surface area contributed by atoms with Gasteiger partial charge >= 0.3 is 0 Å². The highest BCUT2D eigenvalue weighted by atomic mass is 35.5. The molecular formula is C16H30ClN3O2. The normalized spacial score (nSPS) is 23.9. The number of amides is 2. The number of likely N-dealkylation sites (N-methyl/N-ethyl adjacent to an activating group) is 1. The Morgan fingerprint density at radius 3 is 2.32 bits per heavy atom. The van der Waals surface area contributed by atoms with Crippen LogP contribution in [0.25, 0.3) is 0 Å². The Morgan fingerprint density at radius 2 is 1.77 bits per heavy atom. The van der Waals surface area contributed by atoms with Gasteiger partial charge in [0, 0.05) is 26.6 Å². The minimum atomic E-state index is -0.742. The van der Waals surface area contributed by atoms with E-state index in [4.69, 9.17) is 5.73 Å². The highest BCUT2D eigenvalue weighted by molar-refractivity contribution is 5.92. The monoisotopic (exact) mass is 331 g/mol. The Balaban J connectivity index is 0.00000242. The lowest BCUT2D eigenvalue weighted by Gasteiger charge is -2.46. The lowest BCUT2D eigenvalue weighted by molar-refractivity contribution is -0.158. The van der Waals surface area contributed by atoms with Gasteiger partial charge in [0.1, 0.15) is 5.54 Å². The quantitative estimate of drug-likeness (QED) is 0.857. The predicted octanol–water partition coefficient (Wildman–Crippen LogP) is 1.79. The lowest BCUT2D eigenvalue weighted by Crippen LogP contribution is -2.64. The number of hydrogen-bond donors (Lipinski definition) is 1. The van der Waals surface area contributed by atoms with Crippen molar-refractivity contribution in [2.24, 2.45) is 11.1 Å². The molecular weight excluding hydrogens is 302 g/mol. The fourth-order valence-electron chi connectivity index (χ4n) is 3.82. The summed E-state index contributed by atoms with van der Waals surface area (Å²) >= 11 is 0. The van der Waals surface area contributed by atoms with Crippen molar-refractivity contribution in [1.29, 1.82) is 0 Å². The van der Waals surface area contributed by atoms with Gasteiger partial charge in [0.15, 0.2) is 0 Å². The molecule has 22 heavy (non-hydrogen) atoms. The molecule has 0 unspecified atom stereocenters. The van der Waals surface area contributed by atoms with Gasteiger partial charge in [-0.1, -0.05) is 19.3 Å². The van der Waals surface area contributed by atoms with Crippen molar-refractivity contribution in [3.63, 3.8) is 0 Å². The molecule has 5 nitrogen and oxygen atoms in total. The zero-order valence-electron chi connectivity index (χ0n) is 14.1. The third-order valence-electron chi connectivity index (χ3n) is 5.38. The second-order valence-electron chi connectivity index (χ2n) is 7.27. The van der Waals surface area contributed by atoms with Crippen LogP contribution >= 0.6 is 12.4 Å². The summed E-state index contributed by atoms with van der Waals surface area (Å²) in [5.41, 5.74) is 5.20. The summed E-state index contributed by atoms with van der Waals surface area (Å²) < 4.78 is 0. The van der Waals surface area contributed by atoms with E-state index in [0.29, 0.717) is 26.1 Å². The molecule has 1 aliphatic heterocycles. The molecule has 0 aromatic carbocycles. The van der Waals surface area contributed by atoms with Crippen molar-refractivity contribution in [2.75, 3.05) is 26.7 Å². The first-order valence-electron chi connectivity index (χ1n) is 8.08. The third-order valence-corrected chi connectivity index (χ3v) is 5.38. The standard InChI is InChI=1S/C16H29N3O2.ClH/c1-15(2)14(21)18(3)9-10-19(15)13(20)11-16(12-17)7-5-4-6-8-16;/h4-12,17H2,1-3H3;1H. The van der Waals surface area contributed by atoms with E-state index < -0.39 is 5.54 Å². The first-order valence-corrected chi connectivity index (χ1v) is 8.08. The molecule has 0 spiro atoms. The molecule has 2 N–H and O–H groups in total. The number of halogens is 1. The maximum absolute atomic E-state index is 12.8. The fourth-order valence-corrected chi connectivity index (χ4v) is 3.82. The molecule has 0 radical (unpaired) electrons. The van der Waals surface area contributed by atoms with E-state index in [1.54, 1.807) is 16.8 Å². The van der Waals surface area contributed by atoms with Crippen LogP contribution in [0, 0.1) is 5.41 Å². The van der Waals surface area contributed by atoms with E-state index in [0.717, 1.165) is 25.7 Å². The van der Waals surface area contributed by atoms with Gasteiger partial charge in [-0.2, -0.15) is 0 Å². The van der Waals surface area contributed by atoms with E-state index >= 15 is 0 Å². The summed E-state index contributed by atoms with van der Waals surface area (Å²) in [5, 5.41) is 0. The highest BCUT2D eigenvalue weighted by Crippen LogP contribution is 2.39. The van der Waals surface area contributed by atoms with Crippen LogP contribution in [0.3, 0.4) is 0 Å². The second kappa shape index (κ2) is 7.18. The highest BCUT2D eigenvalue weighted by Gasteiger charge is 2.44. The molecule has 128 valence electrons. The van der Waals surface area contributed by atoms with E-state index in [2.05, 4.69) is 0 Å². The van der Waals surface area contributed by atoms with Crippen LogP contribution in [0.15, 0.2) is 0 Å². The fraction of sp³-hybridized carbons (Fsp3) is 0.875. The van der Waals surface area contributed by atoms with Gasteiger partial charge in [0.2, 0.25) is 11.8 Å². The van der Waals surface area contributed by atoms with Gasteiger partial charge in [0.05, 0.1) is 0 Å². The van der Waals surface area contributed by atoms with Crippen LogP contribution in [0.5, 0.6) is 0 Å². The van der Waals surface area contributed by atoms with Crippen molar-refractivity contribution < 1.29 is 9.59 Å². The first kappa shape index (κ1) is 19.2. The smallest absolute Gasteiger partial charge is 0.247 e. The van der Waals surface area contributed by atoms with Gasteiger partial charge in [-0.15, -0.1) is 12.4 Å². The van der Waals surface area contributed by atoms with E-state index in [9.17, 15) is 9.59 Å². The lowest BCUT2D eigenvalue weighted by atomic mass is 9.71. The molecule has 0 aromatic rings. The first-order chi connectivity index (χ1) is 9.82. The molecule has 2 rings (SSSR count). The Morgan fingerprint density at radius 1 is 1.18 bits per heavy atom. The van der Waals surface area contributed by atoms with Crippen LogP contribution in [0.4, 0.5) is 0 Å². The maximum atomic E-state index is 12.8. The predicted molar refractivity (Wildman–Crippen MR) is 89.9 cm³/mol. The zero-order chi connectivity index (χ0) is 15.7. The molecule has 1 aliphatic carbocycles. The summed E-state index contributed by atoms with van der Waals surface area (Å²) in [5.74, 6) is 0.112. The molecule has 2 aliphatic rings. The van der Waals surface area contributed by atoms with Crippen LogP contribution in [-0.2, 0) is 9.59 Å². The van der Waals surface area contributed by atoms with Gasteiger partial charge in [-0.3, -0.25) is 9.59 Å². The number of rotatable bonds is 3. The number of carbonyl (C=O) groups excluding carboxylic acids is 2. The number of nitrogens with two attached hydrogens (primary N) is 1. The summed E-state index contributed by atoms with van der Waals surface area (Å²) in [7, 11) is 1.80. The maximum Gasteiger partial charge on any atom is 0.247 e. The number of piperazine rings is 1. The largest absolute Gasteiger partial charge is 0.342 e. The molecule has 2 fully saturated rings. The molecule has 0 atom stereocenters. The van der Waals surface area contributed by atoms with Crippen molar-refractivity contribution in [3.8, 4) is 0 Å². The number of carbonyl (C=O) groups is 2. The van der Waals surface area contributed by atoms with Crippen LogP contribution in [-0.4, -0.2) is 53.8 Å². The van der Waals surface area contributed by atoms with Gasteiger partial charge in [0.25, 0.3) is 0 Å². The summed E-state index contributed by atoms with van der Waals surface area (Å²) in [6, 6.07) is 0.